The number of benzene rings is 4. The van der Waals surface area contributed by atoms with Crippen LogP contribution in [-0.4, -0.2) is 32.7 Å². The first kappa shape index (κ1) is 21.0. The van der Waals surface area contributed by atoms with Crippen molar-refractivity contribution in [2.24, 2.45) is 0 Å². The summed E-state index contributed by atoms with van der Waals surface area (Å²) >= 11 is 0. The number of phenolic OH excluding ortho intramolecular Hbond substituents is 1. The van der Waals surface area contributed by atoms with Gasteiger partial charge in [-0.2, -0.15) is 0 Å². The van der Waals surface area contributed by atoms with Crippen molar-refractivity contribution in [2.45, 2.75) is 12.5 Å². The second kappa shape index (κ2) is 7.64. The molecule has 0 spiro atoms. The first-order valence-electron chi connectivity index (χ1n) is 10.6. The van der Waals surface area contributed by atoms with E-state index in [0.717, 1.165) is 45.1 Å². The molecule has 1 aliphatic carbocycles. The van der Waals surface area contributed by atoms with Crippen LogP contribution in [0.1, 0.15) is 28.4 Å². The van der Waals surface area contributed by atoms with Crippen molar-refractivity contribution in [2.75, 3.05) is 21.3 Å². The van der Waals surface area contributed by atoms with Gasteiger partial charge in [0, 0.05) is 34.7 Å². The molecule has 1 aliphatic rings. The molecule has 1 atom stereocenters. The van der Waals surface area contributed by atoms with E-state index in [1.54, 1.807) is 39.5 Å². The summed E-state index contributed by atoms with van der Waals surface area (Å²) in [6.07, 6.45) is 0.781. The maximum atomic E-state index is 11.2. The third-order valence-electron chi connectivity index (χ3n) is 6.72. The second-order valence-electron chi connectivity index (χ2n) is 8.28. The van der Waals surface area contributed by atoms with Crippen molar-refractivity contribution < 1.29 is 24.1 Å². The molecule has 5 nitrogen and oxygen atoms in total. The molecule has 0 aliphatic heterocycles. The molecule has 1 N–H and O–H groups in total. The number of methoxy groups -OCH3 is 3. The van der Waals surface area contributed by atoms with Crippen molar-refractivity contribution in [3.63, 3.8) is 0 Å². The molecule has 0 radical (unpaired) electrons. The van der Waals surface area contributed by atoms with Crippen LogP contribution in [0.4, 0.5) is 0 Å². The summed E-state index contributed by atoms with van der Waals surface area (Å²) < 4.78 is 17.3. The van der Waals surface area contributed by atoms with Gasteiger partial charge in [-0.05, 0) is 59.3 Å². The molecule has 0 saturated carbocycles. The number of rotatable bonds is 5. The van der Waals surface area contributed by atoms with Gasteiger partial charge in [-0.25, -0.2) is 0 Å². The van der Waals surface area contributed by atoms with Gasteiger partial charge >= 0.3 is 0 Å². The van der Waals surface area contributed by atoms with Crippen molar-refractivity contribution in [3.8, 4) is 39.5 Å². The van der Waals surface area contributed by atoms with E-state index < -0.39 is 5.60 Å². The highest BCUT2D eigenvalue weighted by Gasteiger charge is 2.41. The molecule has 0 saturated heterocycles. The summed E-state index contributed by atoms with van der Waals surface area (Å²) in [5.41, 5.74) is 5.45. The molecule has 1 unspecified atom stereocenters. The Bertz CT molecular complexity index is 1420. The quantitative estimate of drug-likeness (QED) is 0.390. The maximum Gasteiger partial charge on any atom is 0.150 e. The average Bonchev–Trinajstić information content (AvgIpc) is 3.11. The number of carbonyl (C=O) groups excluding carboxylic acids is 1. The van der Waals surface area contributed by atoms with E-state index >= 15 is 0 Å². The van der Waals surface area contributed by atoms with Gasteiger partial charge in [0.25, 0.3) is 0 Å². The zero-order valence-corrected chi connectivity index (χ0v) is 18.9. The smallest absolute Gasteiger partial charge is 0.150 e. The Hall–Kier alpha value is -3.83. The van der Waals surface area contributed by atoms with Gasteiger partial charge in [-0.3, -0.25) is 4.79 Å². The molecule has 5 heteroatoms. The van der Waals surface area contributed by atoms with Crippen LogP contribution in [0, 0.1) is 0 Å². The van der Waals surface area contributed by atoms with Gasteiger partial charge in [0.05, 0.1) is 14.2 Å². The zero-order valence-electron chi connectivity index (χ0n) is 18.9. The number of aldehydes is 1. The minimum Gasteiger partial charge on any atom is -0.507 e. The Balaban J connectivity index is 1.85. The molecule has 0 aromatic heterocycles. The zero-order chi connectivity index (χ0) is 23.3. The molecule has 33 heavy (non-hydrogen) atoms. The van der Waals surface area contributed by atoms with E-state index in [-0.39, 0.29) is 5.75 Å². The van der Waals surface area contributed by atoms with E-state index in [1.807, 2.05) is 37.3 Å². The first-order chi connectivity index (χ1) is 16.0. The molecule has 4 aromatic rings. The van der Waals surface area contributed by atoms with Crippen LogP contribution < -0.4 is 9.47 Å². The summed E-state index contributed by atoms with van der Waals surface area (Å²) in [7, 11) is 4.87. The molecule has 0 amide bonds. The molecule has 0 fully saturated rings. The summed E-state index contributed by atoms with van der Waals surface area (Å²) in [5.74, 6) is 1.35. The normalized spacial score (nSPS) is 16.4. The monoisotopic (exact) mass is 440 g/mol. The van der Waals surface area contributed by atoms with E-state index in [1.165, 1.54) is 0 Å². The lowest BCUT2D eigenvalue weighted by atomic mass is 9.90. The largest absolute Gasteiger partial charge is 0.507 e. The molecule has 5 rings (SSSR count). The van der Waals surface area contributed by atoms with Crippen LogP contribution in [0.2, 0.25) is 0 Å². The number of fused-ring (bicyclic) bond motifs is 5. The van der Waals surface area contributed by atoms with E-state index in [0.29, 0.717) is 22.4 Å². The molecular weight excluding hydrogens is 416 g/mol. The Labute approximate surface area is 192 Å². The standard InChI is InChI=1S/C28H24O5/c1-28(33-4)22-8-6-5-7-18(22)27-21-13-26(32-3)20(12-19(21)24(30)14-23(27)28)17-10-9-16(15-29)11-25(17)31-2/h5-15,30H,1-4H3. The number of hydrogen-bond acceptors (Lipinski definition) is 5. The summed E-state index contributed by atoms with van der Waals surface area (Å²) in [6, 6.07) is 19.1. The lowest BCUT2D eigenvalue weighted by molar-refractivity contribution is 0.0429. The van der Waals surface area contributed by atoms with Gasteiger partial charge in [0.15, 0.2) is 0 Å². The highest BCUT2D eigenvalue weighted by Crippen LogP contribution is 2.54. The fraction of sp³-hybridized carbons (Fsp3) is 0.179. The Morgan fingerprint density at radius 3 is 2.21 bits per heavy atom. The van der Waals surface area contributed by atoms with Crippen LogP contribution in [0.25, 0.3) is 33.0 Å². The maximum absolute atomic E-state index is 11.2. The Morgan fingerprint density at radius 2 is 1.52 bits per heavy atom. The SMILES string of the molecule is COc1cc(C=O)ccc1-c1cc2c(O)cc3c(c2cc1OC)-c1ccccc1C3(C)OC. The van der Waals surface area contributed by atoms with Crippen molar-refractivity contribution in [1.82, 2.24) is 0 Å². The molecule has 0 heterocycles. The van der Waals surface area contributed by atoms with Crippen LogP contribution in [0.5, 0.6) is 17.2 Å². The number of aromatic hydroxyl groups is 1. The number of ether oxygens (including phenoxy) is 3. The van der Waals surface area contributed by atoms with Gasteiger partial charge in [0.2, 0.25) is 0 Å². The van der Waals surface area contributed by atoms with Gasteiger partial charge in [-0.1, -0.05) is 30.3 Å². The minimum absolute atomic E-state index is 0.159. The van der Waals surface area contributed by atoms with Crippen molar-refractivity contribution in [1.29, 1.82) is 0 Å². The van der Waals surface area contributed by atoms with Gasteiger partial charge in [-0.15, -0.1) is 0 Å². The number of hydrogen-bond donors (Lipinski definition) is 1. The third kappa shape index (κ3) is 2.93. The summed E-state index contributed by atoms with van der Waals surface area (Å²) in [6.45, 7) is 2.02. The first-order valence-corrected chi connectivity index (χ1v) is 10.6. The Morgan fingerprint density at radius 1 is 0.788 bits per heavy atom. The lowest BCUT2D eigenvalue weighted by Gasteiger charge is -2.26. The second-order valence-corrected chi connectivity index (χ2v) is 8.28. The molecular formula is C28H24O5. The lowest BCUT2D eigenvalue weighted by Crippen LogP contribution is -2.22. The van der Waals surface area contributed by atoms with Crippen LogP contribution in [-0.2, 0) is 10.3 Å². The minimum atomic E-state index is -0.669. The van der Waals surface area contributed by atoms with Crippen molar-refractivity contribution >= 4 is 17.1 Å². The van der Waals surface area contributed by atoms with Crippen LogP contribution in [0.15, 0.2) is 60.7 Å². The fourth-order valence-electron chi connectivity index (χ4n) is 4.96. The fourth-order valence-corrected chi connectivity index (χ4v) is 4.96. The van der Waals surface area contributed by atoms with Gasteiger partial charge in [0.1, 0.15) is 29.1 Å². The van der Waals surface area contributed by atoms with Gasteiger partial charge < -0.3 is 19.3 Å². The topological polar surface area (TPSA) is 65.0 Å². The van der Waals surface area contributed by atoms with E-state index in [4.69, 9.17) is 14.2 Å². The summed E-state index contributed by atoms with van der Waals surface area (Å²) in [4.78, 5) is 11.2. The highest BCUT2D eigenvalue weighted by atomic mass is 16.5. The highest BCUT2D eigenvalue weighted by molar-refractivity contribution is 6.07. The predicted molar refractivity (Wildman–Crippen MR) is 128 cm³/mol. The Kier molecular flexibility index (Phi) is 4.87. The average molecular weight is 440 g/mol. The molecule has 0 bridgehead atoms. The van der Waals surface area contributed by atoms with Crippen LogP contribution >= 0.6 is 0 Å². The third-order valence-corrected chi connectivity index (χ3v) is 6.72. The van der Waals surface area contributed by atoms with E-state index in [9.17, 15) is 9.90 Å². The summed E-state index contributed by atoms with van der Waals surface area (Å²) in [5, 5.41) is 12.7. The van der Waals surface area contributed by atoms with Crippen molar-refractivity contribution in [3.05, 3.63) is 77.4 Å². The molecule has 166 valence electrons. The van der Waals surface area contributed by atoms with E-state index in [2.05, 4.69) is 12.1 Å². The van der Waals surface area contributed by atoms with Crippen LogP contribution in [0.3, 0.4) is 0 Å². The number of phenols is 1. The predicted octanol–water partition coefficient (Wildman–Crippen LogP) is 5.93. The molecule has 4 aromatic carbocycles. The number of carbonyl (C=O) groups is 1.